The number of ether oxygens (including phenoxy) is 1. The molecule has 1 aliphatic carbocycles. The lowest BCUT2D eigenvalue weighted by atomic mass is 9.99. The highest BCUT2D eigenvalue weighted by Crippen LogP contribution is 2.39. The Bertz CT molecular complexity index is 620. The molecule has 0 bridgehead atoms. The Balaban J connectivity index is 1.76. The molecular formula is C17H21N3O. The minimum absolute atomic E-state index is 0.462. The summed E-state index contributed by atoms with van der Waals surface area (Å²) in [5.74, 6) is 3.61. The number of rotatable bonds is 5. The number of nitrogens with two attached hydrogens (primary N) is 1. The van der Waals surface area contributed by atoms with Crippen LogP contribution in [-0.4, -0.2) is 9.97 Å². The lowest BCUT2D eigenvalue weighted by molar-refractivity contribution is 0.458. The predicted molar refractivity (Wildman–Crippen MR) is 83.6 cm³/mol. The van der Waals surface area contributed by atoms with E-state index in [0.717, 1.165) is 30.8 Å². The molecule has 0 spiro atoms. The minimum Gasteiger partial charge on any atom is -0.439 e. The van der Waals surface area contributed by atoms with Crippen LogP contribution >= 0.6 is 0 Å². The largest absolute Gasteiger partial charge is 0.439 e. The Labute approximate surface area is 125 Å². The fourth-order valence-corrected chi connectivity index (χ4v) is 2.26. The molecule has 1 heterocycles. The van der Waals surface area contributed by atoms with Gasteiger partial charge in [0.15, 0.2) is 0 Å². The van der Waals surface area contributed by atoms with Gasteiger partial charge in [0.05, 0.1) is 0 Å². The topological polar surface area (TPSA) is 61.0 Å². The first-order valence-electron chi connectivity index (χ1n) is 7.58. The molecule has 1 unspecified atom stereocenters. The Morgan fingerprint density at radius 3 is 2.57 bits per heavy atom. The number of aromatic nitrogens is 2. The SMILES string of the molecule is CCC(C)c1ccc(Oc2cc(N)nc(C3CC3)n2)cc1. The van der Waals surface area contributed by atoms with Crippen molar-refractivity contribution in [3.63, 3.8) is 0 Å². The van der Waals surface area contributed by atoms with Gasteiger partial charge in [-0.2, -0.15) is 4.98 Å². The summed E-state index contributed by atoms with van der Waals surface area (Å²) >= 11 is 0. The van der Waals surface area contributed by atoms with Crippen LogP contribution in [0, 0.1) is 0 Å². The molecule has 1 atom stereocenters. The van der Waals surface area contributed by atoms with Crippen molar-refractivity contribution in [2.24, 2.45) is 0 Å². The first-order valence-corrected chi connectivity index (χ1v) is 7.58. The van der Waals surface area contributed by atoms with Crippen molar-refractivity contribution in [1.82, 2.24) is 9.97 Å². The first-order chi connectivity index (χ1) is 10.2. The van der Waals surface area contributed by atoms with Gasteiger partial charge in [0, 0.05) is 12.0 Å². The quantitative estimate of drug-likeness (QED) is 0.891. The molecule has 3 rings (SSSR count). The summed E-state index contributed by atoms with van der Waals surface area (Å²) in [5, 5.41) is 0. The third-order valence-corrected chi connectivity index (χ3v) is 3.97. The number of hydrogen-bond donors (Lipinski definition) is 1. The van der Waals surface area contributed by atoms with Gasteiger partial charge in [-0.1, -0.05) is 26.0 Å². The fourth-order valence-electron chi connectivity index (χ4n) is 2.26. The second-order valence-corrected chi connectivity index (χ2v) is 5.74. The Morgan fingerprint density at radius 1 is 1.24 bits per heavy atom. The van der Waals surface area contributed by atoms with Gasteiger partial charge in [0.25, 0.3) is 0 Å². The van der Waals surface area contributed by atoms with Gasteiger partial charge in [-0.3, -0.25) is 0 Å². The van der Waals surface area contributed by atoms with E-state index in [4.69, 9.17) is 10.5 Å². The highest BCUT2D eigenvalue weighted by Gasteiger charge is 2.27. The molecule has 1 aromatic heterocycles. The highest BCUT2D eigenvalue weighted by atomic mass is 16.5. The van der Waals surface area contributed by atoms with E-state index in [2.05, 4.69) is 35.9 Å². The maximum atomic E-state index is 5.83. The van der Waals surface area contributed by atoms with Crippen LogP contribution in [0.1, 0.15) is 56.3 Å². The van der Waals surface area contributed by atoms with E-state index in [-0.39, 0.29) is 0 Å². The Morgan fingerprint density at radius 2 is 1.95 bits per heavy atom. The van der Waals surface area contributed by atoms with Gasteiger partial charge in [0.1, 0.15) is 17.4 Å². The number of nitrogens with zero attached hydrogens (tertiary/aromatic N) is 2. The van der Waals surface area contributed by atoms with Crippen LogP contribution in [0.15, 0.2) is 30.3 Å². The number of nitrogen functional groups attached to an aromatic ring is 1. The van der Waals surface area contributed by atoms with E-state index in [1.807, 2.05) is 12.1 Å². The van der Waals surface area contributed by atoms with Gasteiger partial charge in [-0.05, 0) is 42.9 Å². The van der Waals surface area contributed by atoms with Crippen LogP contribution in [0.2, 0.25) is 0 Å². The van der Waals surface area contributed by atoms with Crippen LogP contribution in [0.25, 0.3) is 0 Å². The molecule has 110 valence electrons. The molecule has 2 aromatic rings. The second kappa shape index (κ2) is 5.72. The summed E-state index contributed by atoms with van der Waals surface area (Å²) in [5.41, 5.74) is 7.15. The summed E-state index contributed by atoms with van der Waals surface area (Å²) < 4.78 is 5.82. The molecular weight excluding hydrogens is 262 g/mol. The molecule has 1 saturated carbocycles. The normalized spacial score (nSPS) is 15.7. The average Bonchev–Trinajstić information content (AvgIpc) is 3.31. The molecule has 4 heteroatoms. The van der Waals surface area contributed by atoms with Crippen molar-refractivity contribution in [2.45, 2.75) is 44.9 Å². The molecule has 21 heavy (non-hydrogen) atoms. The van der Waals surface area contributed by atoms with Gasteiger partial charge in [-0.25, -0.2) is 4.98 Å². The Hall–Kier alpha value is -2.10. The zero-order valence-electron chi connectivity index (χ0n) is 12.5. The summed E-state index contributed by atoms with van der Waals surface area (Å²) in [6.07, 6.45) is 3.42. The van der Waals surface area contributed by atoms with Crippen LogP contribution in [-0.2, 0) is 0 Å². The minimum atomic E-state index is 0.462. The molecule has 1 aliphatic rings. The van der Waals surface area contributed by atoms with E-state index < -0.39 is 0 Å². The maximum Gasteiger partial charge on any atom is 0.224 e. The summed E-state index contributed by atoms with van der Waals surface area (Å²) in [4.78, 5) is 8.72. The predicted octanol–water partition coefficient (Wildman–Crippen LogP) is 4.24. The third kappa shape index (κ3) is 3.32. The van der Waals surface area contributed by atoms with Gasteiger partial charge in [-0.15, -0.1) is 0 Å². The smallest absolute Gasteiger partial charge is 0.224 e. The summed E-state index contributed by atoms with van der Waals surface area (Å²) in [7, 11) is 0. The van der Waals surface area contributed by atoms with Crippen molar-refractivity contribution >= 4 is 5.82 Å². The lowest BCUT2D eigenvalue weighted by Gasteiger charge is -2.11. The van der Waals surface area contributed by atoms with Crippen molar-refractivity contribution < 1.29 is 4.74 Å². The molecule has 0 radical (unpaired) electrons. The van der Waals surface area contributed by atoms with E-state index in [1.165, 1.54) is 5.56 Å². The average molecular weight is 283 g/mol. The van der Waals surface area contributed by atoms with Crippen molar-refractivity contribution in [1.29, 1.82) is 0 Å². The summed E-state index contributed by atoms with van der Waals surface area (Å²) in [6.45, 7) is 4.42. The monoisotopic (exact) mass is 283 g/mol. The fraction of sp³-hybridized carbons (Fsp3) is 0.412. The van der Waals surface area contributed by atoms with Crippen LogP contribution in [0.4, 0.5) is 5.82 Å². The maximum absolute atomic E-state index is 5.83. The molecule has 0 aliphatic heterocycles. The molecule has 0 saturated heterocycles. The van der Waals surface area contributed by atoms with Crippen LogP contribution in [0.3, 0.4) is 0 Å². The second-order valence-electron chi connectivity index (χ2n) is 5.74. The molecule has 1 fully saturated rings. The zero-order chi connectivity index (χ0) is 14.8. The number of benzene rings is 1. The van der Waals surface area contributed by atoms with E-state index in [9.17, 15) is 0 Å². The van der Waals surface area contributed by atoms with Crippen LogP contribution in [0.5, 0.6) is 11.6 Å². The Kier molecular flexibility index (Phi) is 3.78. The highest BCUT2D eigenvalue weighted by molar-refractivity contribution is 5.37. The van der Waals surface area contributed by atoms with Gasteiger partial charge in [0.2, 0.25) is 5.88 Å². The summed E-state index contributed by atoms with van der Waals surface area (Å²) in [6, 6.07) is 9.85. The van der Waals surface area contributed by atoms with E-state index in [1.54, 1.807) is 6.07 Å². The molecule has 4 nitrogen and oxygen atoms in total. The van der Waals surface area contributed by atoms with E-state index >= 15 is 0 Å². The number of hydrogen-bond acceptors (Lipinski definition) is 4. The molecule has 1 aromatic carbocycles. The molecule has 2 N–H and O–H groups in total. The third-order valence-electron chi connectivity index (χ3n) is 3.97. The first kappa shape index (κ1) is 13.9. The lowest BCUT2D eigenvalue weighted by Crippen LogP contribution is -2.00. The van der Waals surface area contributed by atoms with E-state index in [0.29, 0.717) is 23.5 Å². The zero-order valence-corrected chi connectivity index (χ0v) is 12.5. The van der Waals surface area contributed by atoms with Crippen molar-refractivity contribution in [3.8, 4) is 11.6 Å². The molecule has 0 amide bonds. The van der Waals surface area contributed by atoms with Gasteiger partial charge < -0.3 is 10.5 Å². The standard InChI is InChI=1S/C17H21N3O/c1-3-11(2)12-6-8-14(9-7-12)21-16-10-15(18)19-17(20-16)13-4-5-13/h6-11,13H,3-5H2,1-2H3,(H2,18,19,20). The van der Waals surface area contributed by atoms with Crippen molar-refractivity contribution in [3.05, 3.63) is 41.7 Å². The van der Waals surface area contributed by atoms with Crippen LogP contribution < -0.4 is 10.5 Å². The number of anilines is 1. The van der Waals surface area contributed by atoms with Crippen molar-refractivity contribution in [2.75, 3.05) is 5.73 Å². The van der Waals surface area contributed by atoms with Gasteiger partial charge >= 0.3 is 0 Å².